The SMILES string of the molecule is CCc1ccc(Nc2cnnc(Nc3c(C)cccc3C)n2)cc1. The van der Waals surface area contributed by atoms with Gasteiger partial charge in [-0.15, -0.1) is 5.10 Å². The van der Waals surface area contributed by atoms with Crippen molar-refractivity contribution in [1.82, 2.24) is 15.2 Å². The Bertz CT molecular complexity index is 807. The molecule has 0 bridgehead atoms. The predicted molar refractivity (Wildman–Crippen MR) is 98.1 cm³/mol. The van der Waals surface area contributed by atoms with Crippen molar-refractivity contribution in [2.45, 2.75) is 27.2 Å². The number of aryl methyl sites for hydroxylation is 3. The first kappa shape index (κ1) is 15.9. The van der Waals surface area contributed by atoms with Crippen LogP contribution >= 0.6 is 0 Å². The van der Waals surface area contributed by atoms with Crippen LogP contribution in [-0.4, -0.2) is 15.2 Å². The molecule has 122 valence electrons. The van der Waals surface area contributed by atoms with E-state index in [9.17, 15) is 0 Å². The zero-order valence-electron chi connectivity index (χ0n) is 14.2. The van der Waals surface area contributed by atoms with Crippen LogP contribution in [0.2, 0.25) is 0 Å². The van der Waals surface area contributed by atoms with Gasteiger partial charge in [-0.25, -0.2) is 0 Å². The van der Waals surface area contributed by atoms with Crippen LogP contribution in [0, 0.1) is 13.8 Å². The maximum absolute atomic E-state index is 4.49. The van der Waals surface area contributed by atoms with Gasteiger partial charge >= 0.3 is 0 Å². The molecule has 0 atom stereocenters. The zero-order chi connectivity index (χ0) is 16.9. The molecule has 24 heavy (non-hydrogen) atoms. The summed E-state index contributed by atoms with van der Waals surface area (Å²) in [7, 11) is 0. The first-order valence-corrected chi connectivity index (χ1v) is 8.04. The van der Waals surface area contributed by atoms with Crippen molar-refractivity contribution in [2.75, 3.05) is 10.6 Å². The van der Waals surface area contributed by atoms with Gasteiger partial charge in [-0.2, -0.15) is 10.1 Å². The van der Waals surface area contributed by atoms with Crippen molar-refractivity contribution in [1.29, 1.82) is 0 Å². The molecule has 3 aromatic rings. The summed E-state index contributed by atoms with van der Waals surface area (Å²) in [5.41, 5.74) is 5.59. The molecule has 0 fully saturated rings. The molecule has 2 aromatic carbocycles. The highest BCUT2D eigenvalue weighted by Gasteiger charge is 2.06. The van der Waals surface area contributed by atoms with Crippen molar-refractivity contribution in [3.05, 3.63) is 65.4 Å². The maximum Gasteiger partial charge on any atom is 0.249 e. The van der Waals surface area contributed by atoms with E-state index in [1.807, 2.05) is 18.2 Å². The molecule has 3 rings (SSSR count). The molecule has 2 N–H and O–H groups in total. The normalized spacial score (nSPS) is 10.5. The fourth-order valence-corrected chi connectivity index (χ4v) is 2.51. The van der Waals surface area contributed by atoms with Gasteiger partial charge in [-0.1, -0.05) is 37.3 Å². The summed E-state index contributed by atoms with van der Waals surface area (Å²) < 4.78 is 0. The van der Waals surface area contributed by atoms with E-state index in [2.05, 4.69) is 70.9 Å². The van der Waals surface area contributed by atoms with Crippen molar-refractivity contribution < 1.29 is 0 Å². The number of rotatable bonds is 5. The molecule has 0 spiro atoms. The molecular formula is C19H21N5. The van der Waals surface area contributed by atoms with Crippen LogP contribution in [0.15, 0.2) is 48.7 Å². The minimum atomic E-state index is 0.475. The lowest BCUT2D eigenvalue weighted by Crippen LogP contribution is -2.04. The van der Waals surface area contributed by atoms with Gasteiger partial charge < -0.3 is 10.6 Å². The quantitative estimate of drug-likeness (QED) is 0.723. The van der Waals surface area contributed by atoms with Crippen LogP contribution in [0.1, 0.15) is 23.6 Å². The Morgan fingerprint density at radius 2 is 1.62 bits per heavy atom. The van der Waals surface area contributed by atoms with Crippen LogP contribution < -0.4 is 10.6 Å². The first-order valence-electron chi connectivity index (χ1n) is 8.04. The highest BCUT2D eigenvalue weighted by Crippen LogP contribution is 2.23. The zero-order valence-corrected chi connectivity index (χ0v) is 14.2. The Morgan fingerprint density at radius 3 is 2.29 bits per heavy atom. The molecule has 0 aliphatic carbocycles. The molecule has 0 saturated heterocycles. The fraction of sp³-hybridized carbons (Fsp3) is 0.211. The van der Waals surface area contributed by atoms with E-state index in [1.54, 1.807) is 6.20 Å². The molecule has 0 saturated carbocycles. The van der Waals surface area contributed by atoms with Crippen LogP contribution in [0.4, 0.5) is 23.1 Å². The number of anilines is 4. The number of nitrogens with one attached hydrogen (secondary N) is 2. The van der Waals surface area contributed by atoms with Crippen molar-refractivity contribution in [3.63, 3.8) is 0 Å². The highest BCUT2D eigenvalue weighted by atomic mass is 15.3. The molecule has 0 amide bonds. The third-order valence-electron chi connectivity index (χ3n) is 3.91. The van der Waals surface area contributed by atoms with Crippen LogP contribution in [-0.2, 0) is 6.42 Å². The lowest BCUT2D eigenvalue weighted by atomic mass is 10.1. The molecule has 1 heterocycles. The number of para-hydroxylation sites is 1. The Balaban J connectivity index is 1.78. The lowest BCUT2D eigenvalue weighted by Gasteiger charge is -2.12. The lowest BCUT2D eigenvalue weighted by molar-refractivity contribution is 0.981. The number of hydrogen-bond acceptors (Lipinski definition) is 5. The van der Waals surface area contributed by atoms with E-state index >= 15 is 0 Å². The molecule has 0 aliphatic rings. The number of nitrogens with zero attached hydrogens (tertiary/aromatic N) is 3. The van der Waals surface area contributed by atoms with Gasteiger partial charge in [0.1, 0.15) is 0 Å². The number of aromatic nitrogens is 3. The Labute approximate surface area is 142 Å². The average molecular weight is 319 g/mol. The summed E-state index contributed by atoms with van der Waals surface area (Å²) in [6.45, 7) is 6.25. The van der Waals surface area contributed by atoms with E-state index < -0.39 is 0 Å². The monoisotopic (exact) mass is 319 g/mol. The topological polar surface area (TPSA) is 62.7 Å². The number of hydrogen-bond donors (Lipinski definition) is 2. The third-order valence-corrected chi connectivity index (χ3v) is 3.91. The Kier molecular flexibility index (Phi) is 4.70. The van der Waals surface area contributed by atoms with Gasteiger partial charge in [0, 0.05) is 11.4 Å². The van der Waals surface area contributed by atoms with E-state index in [0.717, 1.165) is 28.9 Å². The first-order chi connectivity index (χ1) is 11.7. The van der Waals surface area contributed by atoms with Crippen LogP contribution in [0.3, 0.4) is 0 Å². The average Bonchev–Trinajstić information content (AvgIpc) is 2.59. The van der Waals surface area contributed by atoms with Crippen molar-refractivity contribution >= 4 is 23.1 Å². The second-order valence-corrected chi connectivity index (χ2v) is 5.73. The standard InChI is InChI=1S/C19H21N5/c1-4-15-8-10-16(11-9-15)21-17-12-20-24-19(22-17)23-18-13(2)6-5-7-14(18)3/h5-12H,4H2,1-3H3,(H2,21,22,23,24). The van der Waals surface area contributed by atoms with Crippen molar-refractivity contribution in [2.24, 2.45) is 0 Å². The molecule has 5 heteroatoms. The van der Waals surface area contributed by atoms with E-state index in [-0.39, 0.29) is 0 Å². The minimum Gasteiger partial charge on any atom is -0.339 e. The summed E-state index contributed by atoms with van der Waals surface area (Å²) in [6.07, 6.45) is 2.64. The highest BCUT2D eigenvalue weighted by molar-refractivity contribution is 5.64. The summed E-state index contributed by atoms with van der Waals surface area (Å²) in [4.78, 5) is 4.49. The summed E-state index contributed by atoms with van der Waals surface area (Å²) >= 11 is 0. The van der Waals surface area contributed by atoms with E-state index in [4.69, 9.17) is 0 Å². The van der Waals surface area contributed by atoms with E-state index in [1.165, 1.54) is 5.56 Å². The van der Waals surface area contributed by atoms with Gasteiger partial charge in [0.2, 0.25) is 5.95 Å². The smallest absolute Gasteiger partial charge is 0.249 e. The minimum absolute atomic E-state index is 0.475. The fourth-order valence-electron chi connectivity index (χ4n) is 2.51. The predicted octanol–water partition coefficient (Wildman–Crippen LogP) is 4.54. The largest absolute Gasteiger partial charge is 0.339 e. The van der Waals surface area contributed by atoms with Gasteiger partial charge in [0.05, 0.1) is 6.20 Å². The number of benzene rings is 2. The van der Waals surface area contributed by atoms with Crippen molar-refractivity contribution in [3.8, 4) is 0 Å². The maximum atomic E-state index is 4.49. The second kappa shape index (κ2) is 7.08. The van der Waals surface area contributed by atoms with Gasteiger partial charge in [-0.3, -0.25) is 0 Å². The molecule has 1 aromatic heterocycles. The molecular weight excluding hydrogens is 298 g/mol. The molecule has 0 aliphatic heterocycles. The molecule has 0 unspecified atom stereocenters. The van der Waals surface area contributed by atoms with Gasteiger partial charge in [0.15, 0.2) is 5.82 Å². The summed E-state index contributed by atoms with van der Waals surface area (Å²) in [5.74, 6) is 1.13. The summed E-state index contributed by atoms with van der Waals surface area (Å²) in [6, 6.07) is 14.4. The van der Waals surface area contributed by atoms with E-state index in [0.29, 0.717) is 11.8 Å². The Hall–Kier alpha value is -2.95. The van der Waals surface area contributed by atoms with Crippen LogP contribution in [0.5, 0.6) is 0 Å². The second-order valence-electron chi connectivity index (χ2n) is 5.73. The van der Waals surface area contributed by atoms with Gasteiger partial charge in [-0.05, 0) is 49.1 Å². The summed E-state index contributed by atoms with van der Waals surface area (Å²) in [5, 5.41) is 14.6. The Morgan fingerprint density at radius 1 is 0.917 bits per heavy atom. The molecule has 0 radical (unpaired) electrons. The molecule has 5 nitrogen and oxygen atoms in total. The van der Waals surface area contributed by atoms with Crippen LogP contribution in [0.25, 0.3) is 0 Å². The van der Waals surface area contributed by atoms with Gasteiger partial charge in [0.25, 0.3) is 0 Å². The third kappa shape index (κ3) is 3.68.